The van der Waals surface area contributed by atoms with Gasteiger partial charge in [-0.1, -0.05) is 12.1 Å². The van der Waals surface area contributed by atoms with E-state index < -0.39 is 5.60 Å². The van der Waals surface area contributed by atoms with Gasteiger partial charge in [-0.25, -0.2) is 5.11 Å². The van der Waals surface area contributed by atoms with Crippen LogP contribution in [0, 0.1) is 0 Å². The van der Waals surface area contributed by atoms with Gasteiger partial charge >= 0.3 is 5.97 Å². The topological polar surface area (TPSA) is 46.2 Å². The number of hydrogen-bond acceptors (Lipinski definition) is 2. The van der Waals surface area contributed by atoms with Crippen molar-refractivity contribution >= 4 is 12.0 Å². The molecule has 0 saturated carbocycles. The van der Waals surface area contributed by atoms with Gasteiger partial charge in [0.1, 0.15) is 11.4 Å². The molecule has 1 aliphatic heterocycles. The van der Waals surface area contributed by atoms with E-state index in [1.807, 2.05) is 12.1 Å². The van der Waals surface area contributed by atoms with E-state index >= 15 is 0 Å². The average molecular weight is 217 g/mol. The zero-order chi connectivity index (χ0) is 11.8. The van der Waals surface area contributed by atoms with Crippen LogP contribution in [0.4, 0.5) is 0 Å². The lowest BCUT2D eigenvalue weighted by molar-refractivity contribution is -0.131. The molecule has 0 saturated heterocycles. The molecule has 1 aromatic rings. The standard InChI is InChI=1S/C13H13O3/c1-13(2,15)6-5-9-3-4-11-10(7-9)8-12(14)16-11/h3-7H,8H2,1-2H3/b6-5+. The summed E-state index contributed by atoms with van der Waals surface area (Å²) in [5.74, 6) is 0.406. The Morgan fingerprint density at radius 2 is 2.12 bits per heavy atom. The molecule has 1 aromatic carbocycles. The maximum absolute atomic E-state index is 11.4. The molecule has 0 N–H and O–H groups in total. The zero-order valence-electron chi connectivity index (χ0n) is 9.32. The largest absolute Gasteiger partial charge is 0.426 e. The van der Waals surface area contributed by atoms with Crippen molar-refractivity contribution < 1.29 is 14.6 Å². The van der Waals surface area contributed by atoms with Crippen molar-refractivity contribution in [2.45, 2.75) is 25.9 Å². The third-order valence-corrected chi connectivity index (χ3v) is 2.32. The fourth-order valence-electron chi connectivity index (χ4n) is 1.55. The predicted molar refractivity (Wildman–Crippen MR) is 59.6 cm³/mol. The normalized spacial score (nSPS) is 15.3. The molecule has 0 unspecified atom stereocenters. The summed E-state index contributed by atoms with van der Waals surface area (Å²) in [4.78, 5) is 11.0. The third kappa shape index (κ3) is 2.49. The summed E-state index contributed by atoms with van der Waals surface area (Å²) < 4.78 is 4.98. The van der Waals surface area contributed by atoms with Crippen LogP contribution >= 0.6 is 0 Å². The molecule has 2 rings (SSSR count). The number of carbonyl (C=O) groups is 1. The van der Waals surface area contributed by atoms with Crippen molar-refractivity contribution in [2.24, 2.45) is 0 Å². The Balaban J connectivity index is 2.23. The first kappa shape index (κ1) is 10.9. The molecule has 3 nitrogen and oxygen atoms in total. The van der Waals surface area contributed by atoms with Crippen molar-refractivity contribution in [1.29, 1.82) is 0 Å². The summed E-state index contributed by atoms with van der Waals surface area (Å²) in [5.41, 5.74) is 0.725. The molecule has 3 heteroatoms. The van der Waals surface area contributed by atoms with Crippen LogP contribution in [0.2, 0.25) is 0 Å². The van der Waals surface area contributed by atoms with E-state index in [1.165, 1.54) is 0 Å². The van der Waals surface area contributed by atoms with E-state index in [9.17, 15) is 9.90 Å². The highest BCUT2D eigenvalue weighted by atomic mass is 16.5. The number of hydrogen-bond donors (Lipinski definition) is 0. The molecule has 0 spiro atoms. The van der Waals surface area contributed by atoms with Gasteiger partial charge in [-0.15, -0.1) is 0 Å². The summed E-state index contributed by atoms with van der Waals surface area (Å²) in [6.45, 7) is 3.20. The van der Waals surface area contributed by atoms with Crippen LogP contribution in [0.3, 0.4) is 0 Å². The number of ether oxygens (including phenoxy) is 1. The van der Waals surface area contributed by atoms with Crippen molar-refractivity contribution in [3.63, 3.8) is 0 Å². The summed E-state index contributed by atoms with van der Waals surface area (Å²) in [6.07, 6.45) is 3.69. The first-order valence-corrected chi connectivity index (χ1v) is 5.17. The van der Waals surface area contributed by atoms with E-state index in [0.29, 0.717) is 12.2 Å². The molecule has 0 fully saturated rings. The highest BCUT2D eigenvalue weighted by Gasteiger charge is 2.19. The number of esters is 1. The van der Waals surface area contributed by atoms with Crippen LogP contribution < -0.4 is 4.74 Å². The molecule has 0 bridgehead atoms. The second kappa shape index (κ2) is 3.76. The Hall–Kier alpha value is -1.61. The quantitative estimate of drug-likeness (QED) is 0.564. The van der Waals surface area contributed by atoms with Crippen LogP contribution in [0.5, 0.6) is 5.75 Å². The molecule has 1 radical (unpaired) electrons. The number of benzene rings is 1. The van der Waals surface area contributed by atoms with E-state index in [2.05, 4.69) is 0 Å². The summed E-state index contributed by atoms with van der Waals surface area (Å²) in [7, 11) is 0. The summed E-state index contributed by atoms with van der Waals surface area (Å²) in [5, 5.41) is 11.4. The van der Waals surface area contributed by atoms with Crippen LogP contribution in [0.15, 0.2) is 24.3 Å². The first-order chi connectivity index (χ1) is 7.44. The van der Waals surface area contributed by atoms with Crippen LogP contribution in [-0.2, 0) is 16.3 Å². The molecular weight excluding hydrogens is 204 g/mol. The molecule has 0 atom stereocenters. The number of rotatable bonds is 2. The van der Waals surface area contributed by atoms with Crippen molar-refractivity contribution in [3.05, 3.63) is 35.4 Å². The molecule has 0 aromatic heterocycles. The van der Waals surface area contributed by atoms with Gasteiger partial charge in [0.15, 0.2) is 0 Å². The van der Waals surface area contributed by atoms with Gasteiger partial charge in [-0.3, -0.25) is 4.79 Å². The van der Waals surface area contributed by atoms with Gasteiger partial charge in [-0.2, -0.15) is 0 Å². The smallest absolute Gasteiger partial charge is 0.315 e. The minimum Gasteiger partial charge on any atom is -0.426 e. The van der Waals surface area contributed by atoms with Crippen LogP contribution in [-0.4, -0.2) is 11.6 Å². The van der Waals surface area contributed by atoms with Gasteiger partial charge in [0.2, 0.25) is 0 Å². The van der Waals surface area contributed by atoms with Gasteiger partial charge in [-0.05, 0) is 37.6 Å². The lowest BCUT2D eigenvalue weighted by atomic mass is 10.0. The molecule has 0 amide bonds. The van der Waals surface area contributed by atoms with Gasteiger partial charge < -0.3 is 4.74 Å². The molecular formula is C13H13O3. The predicted octanol–water partition coefficient (Wildman–Crippen LogP) is 2.37. The number of carbonyl (C=O) groups excluding carboxylic acids is 1. The Kier molecular flexibility index (Phi) is 2.56. The van der Waals surface area contributed by atoms with E-state index in [4.69, 9.17) is 4.74 Å². The maximum Gasteiger partial charge on any atom is 0.315 e. The van der Waals surface area contributed by atoms with Crippen LogP contribution in [0.1, 0.15) is 25.0 Å². The summed E-state index contributed by atoms with van der Waals surface area (Å²) >= 11 is 0. The molecule has 83 valence electrons. The Morgan fingerprint density at radius 3 is 2.81 bits per heavy atom. The van der Waals surface area contributed by atoms with E-state index in [0.717, 1.165) is 11.1 Å². The Bertz CT molecular complexity index is 453. The Labute approximate surface area is 94.4 Å². The van der Waals surface area contributed by atoms with Gasteiger partial charge in [0.25, 0.3) is 0 Å². The molecule has 0 aliphatic carbocycles. The SMILES string of the molecule is CC(C)([O])/C=C/c1ccc2c(c1)CC(=O)O2. The molecule has 16 heavy (non-hydrogen) atoms. The molecule has 1 heterocycles. The maximum atomic E-state index is 11.4. The Morgan fingerprint density at radius 1 is 1.38 bits per heavy atom. The lowest BCUT2D eigenvalue weighted by Gasteiger charge is -2.06. The van der Waals surface area contributed by atoms with Crippen molar-refractivity contribution in [3.8, 4) is 5.75 Å². The second-order valence-electron chi connectivity index (χ2n) is 4.45. The highest BCUT2D eigenvalue weighted by Crippen LogP contribution is 2.27. The van der Waals surface area contributed by atoms with Gasteiger partial charge in [0, 0.05) is 5.56 Å². The fourth-order valence-corrected chi connectivity index (χ4v) is 1.55. The van der Waals surface area contributed by atoms with Crippen LogP contribution in [0.25, 0.3) is 6.08 Å². The van der Waals surface area contributed by atoms with Crippen molar-refractivity contribution in [1.82, 2.24) is 0 Å². The highest BCUT2D eigenvalue weighted by molar-refractivity contribution is 5.81. The van der Waals surface area contributed by atoms with Gasteiger partial charge in [0.05, 0.1) is 6.42 Å². The zero-order valence-corrected chi connectivity index (χ0v) is 9.32. The fraction of sp³-hybridized carbons (Fsp3) is 0.308. The lowest BCUT2D eigenvalue weighted by Crippen LogP contribution is -2.10. The van der Waals surface area contributed by atoms with Crippen molar-refractivity contribution in [2.75, 3.05) is 0 Å². The monoisotopic (exact) mass is 217 g/mol. The minimum atomic E-state index is -1.08. The molecule has 1 aliphatic rings. The third-order valence-electron chi connectivity index (χ3n) is 2.32. The first-order valence-electron chi connectivity index (χ1n) is 5.17. The second-order valence-corrected chi connectivity index (χ2v) is 4.45. The minimum absolute atomic E-state index is 0.222. The average Bonchev–Trinajstić information content (AvgIpc) is 2.52. The van der Waals surface area contributed by atoms with E-state index in [-0.39, 0.29) is 5.97 Å². The summed E-state index contributed by atoms with van der Waals surface area (Å²) in [6, 6.07) is 5.47. The van der Waals surface area contributed by atoms with E-state index in [1.54, 1.807) is 32.1 Å². The number of fused-ring (bicyclic) bond motifs is 1.